The molecule has 2 aliphatic heterocycles. The average molecular weight is 504 g/mol. The second-order valence-corrected chi connectivity index (χ2v) is 9.80. The van der Waals surface area contributed by atoms with Gasteiger partial charge in [-0.3, -0.25) is 9.59 Å². The van der Waals surface area contributed by atoms with E-state index in [2.05, 4.69) is 0 Å². The molecule has 0 N–H and O–H groups in total. The van der Waals surface area contributed by atoms with E-state index < -0.39 is 29.4 Å². The number of esters is 1. The summed E-state index contributed by atoms with van der Waals surface area (Å²) in [6, 6.07) is 17.6. The van der Waals surface area contributed by atoms with Crippen LogP contribution in [0, 0.1) is 5.41 Å². The fourth-order valence-electron chi connectivity index (χ4n) is 6.11. The van der Waals surface area contributed by atoms with Crippen LogP contribution in [0.3, 0.4) is 0 Å². The maximum atomic E-state index is 14.3. The van der Waals surface area contributed by atoms with Crippen molar-refractivity contribution in [2.45, 2.75) is 18.0 Å². The molecule has 1 aliphatic carbocycles. The van der Waals surface area contributed by atoms with E-state index in [1.165, 1.54) is 7.11 Å². The van der Waals surface area contributed by atoms with E-state index in [4.69, 9.17) is 27.9 Å². The molecule has 0 saturated carbocycles. The van der Waals surface area contributed by atoms with Crippen LogP contribution in [0.25, 0.3) is 6.08 Å². The lowest BCUT2D eigenvalue weighted by molar-refractivity contribution is -0.142. The van der Waals surface area contributed by atoms with Crippen molar-refractivity contribution in [3.63, 3.8) is 0 Å². The highest BCUT2D eigenvalue weighted by Crippen LogP contribution is 2.61. The molecule has 2 heterocycles. The van der Waals surface area contributed by atoms with Gasteiger partial charge in [0.15, 0.2) is 11.6 Å². The zero-order valence-electron chi connectivity index (χ0n) is 18.6. The molecule has 3 atom stereocenters. The predicted molar refractivity (Wildman–Crippen MR) is 134 cm³/mol. The lowest BCUT2D eigenvalue weighted by Crippen LogP contribution is -2.48. The molecule has 3 aromatic rings. The van der Waals surface area contributed by atoms with Gasteiger partial charge in [-0.25, -0.2) is 4.79 Å². The van der Waals surface area contributed by atoms with Crippen molar-refractivity contribution in [3.8, 4) is 0 Å². The minimum absolute atomic E-state index is 0.282. The third kappa shape index (κ3) is 2.79. The largest absolute Gasteiger partial charge is 0.467 e. The number of halogens is 2. The Bertz CT molecular complexity index is 1430. The fourth-order valence-corrected chi connectivity index (χ4v) is 6.63. The summed E-state index contributed by atoms with van der Waals surface area (Å²) in [6.45, 7) is 0. The molecule has 1 spiro atoms. The number of hydrogen-bond donors (Lipinski definition) is 0. The second-order valence-electron chi connectivity index (χ2n) is 8.95. The van der Waals surface area contributed by atoms with E-state index in [0.29, 0.717) is 21.7 Å². The number of Topliss-reactive ketones (excluding diaryl/α,β-unsaturated/α-hetero) is 2. The number of rotatable bonds is 2. The van der Waals surface area contributed by atoms with Gasteiger partial charge >= 0.3 is 5.97 Å². The number of nitrogens with zero attached hydrogens (tertiary/aromatic N) is 1. The lowest BCUT2D eigenvalue weighted by Gasteiger charge is -2.36. The fraction of sp³-hybridized carbons (Fsp3) is 0.179. The summed E-state index contributed by atoms with van der Waals surface area (Å²) in [5.41, 5.74) is 1.23. The van der Waals surface area contributed by atoms with Gasteiger partial charge in [0, 0.05) is 32.8 Å². The second kappa shape index (κ2) is 7.80. The first-order valence-electron chi connectivity index (χ1n) is 11.2. The third-order valence-corrected chi connectivity index (χ3v) is 8.02. The smallest absolute Gasteiger partial charge is 0.329 e. The molecule has 0 aromatic heterocycles. The van der Waals surface area contributed by atoms with Gasteiger partial charge in [-0.2, -0.15) is 0 Å². The number of hydrogen-bond acceptors (Lipinski definition) is 5. The minimum atomic E-state index is -1.61. The molecule has 5 nitrogen and oxygen atoms in total. The summed E-state index contributed by atoms with van der Waals surface area (Å²) in [5, 5.41) is 0.695. The average Bonchev–Trinajstić information content (AvgIpc) is 3.30. The molecule has 0 radical (unpaired) electrons. The quantitative estimate of drug-likeness (QED) is 0.336. The molecule has 3 aromatic carbocycles. The molecule has 1 fully saturated rings. The molecule has 1 saturated heterocycles. The SMILES string of the molecule is COC(=O)C1C(c2ccc(Cl)cc2Cl)C2(C(=O)c3ccccc3C2=O)C2C=Cc3ccccc3N12. The Balaban J connectivity index is 1.71. The van der Waals surface area contributed by atoms with Crippen LogP contribution in [0.1, 0.15) is 37.8 Å². The zero-order valence-corrected chi connectivity index (χ0v) is 20.1. The maximum Gasteiger partial charge on any atom is 0.329 e. The number of carbonyl (C=O) groups excluding carboxylic acids is 3. The van der Waals surface area contributed by atoms with Crippen molar-refractivity contribution in [1.82, 2.24) is 0 Å². The maximum absolute atomic E-state index is 14.3. The number of carbonyl (C=O) groups is 3. The monoisotopic (exact) mass is 503 g/mol. The van der Waals surface area contributed by atoms with Crippen LogP contribution in [0.15, 0.2) is 72.8 Å². The molecule has 7 heteroatoms. The van der Waals surface area contributed by atoms with Crippen molar-refractivity contribution in [2.75, 3.05) is 12.0 Å². The van der Waals surface area contributed by atoms with Crippen molar-refractivity contribution in [2.24, 2.45) is 5.41 Å². The van der Waals surface area contributed by atoms with E-state index in [1.54, 1.807) is 42.5 Å². The van der Waals surface area contributed by atoms with Crippen LogP contribution >= 0.6 is 23.2 Å². The van der Waals surface area contributed by atoms with Crippen molar-refractivity contribution in [1.29, 1.82) is 0 Å². The van der Waals surface area contributed by atoms with E-state index in [1.807, 2.05) is 41.3 Å². The van der Waals surface area contributed by atoms with Crippen LogP contribution in [-0.2, 0) is 9.53 Å². The van der Waals surface area contributed by atoms with Crippen LogP contribution in [-0.4, -0.2) is 36.7 Å². The standard InChI is InChI=1S/C28H19Cl2NO4/c1-35-27(34)24-23(19-12-11-16(29)14-20(19)30)28(25(32)17-7-3-4-8-18(17)26(28)33)22-13-10-15-6-2-5-9-21(15)31(22)24/h2-14,22-24H,1H3. The summed E-state index contributed by atoms with van der Waals surface area (Å²) >= 11 is 12.9. The van der Waals surface area contributed by atoms with Crippen molar-refractivity contribution >= 4 is 52.5 Å². The molecular formula is C28H19Cl2NO4. The first-order chi connectivity index (χ1) is 16.9. The first-order valence-corrected chi connectivity index (χ1v) is 11.9. The summed E-state index contributed by atoms with van der Waals surface area (Å²) < 4.78 is 5.27. The number of benzene rings is 3. The van der Waals surface area contributed by atoms with E-state index in [9.17, 15) is 14.4 Å². The molecule has 3 unspecified atom stereocenters. The van der Waals surface area contributed by atoms with Gasteiger partial charge < -0.3 is 9.64 Å². The highest BCUT2D eigenvalue weighted by atomic mass is 35.5. The van der Waals surface area contributed by atoms with Gasteiger partial charge in [-0.15, -0.1) is 0 Å². The van der Waals surface area contributed by atoms with Gasteiger partial charge in [0.2, 0.25) is 0 Å². The van der Waals surface area contributed by atoms with E-state index in [-0.39, 0.29) is 16.6 Å². The Morgan fingerprint density at radius 3 is 2.26 bits per heavy atom. The summed E-state index contributed by atoms with van der Waals surface area (Å²) in [5.74, 6) is -2.10. The van der Waals surface area contributed by atoms with Crippen LogP contribution in [0.4, 0.5) is 5.69 Å². The molecule has 0 bridgehead atoms. The molecule has 6 rings (SSSR count). The number of methoxy groups -OCH3 is 1. The molecule has 0 amide bonds. The van der Waals surface area contributed by atoms with Gasteiger partial charge in [-0.05, 0) is 29.3 Å². The zero-order chi connectivity index (χ0) is 24.5. The summed E-state index contributed by atoms with van der Waals surface area (Å²) in [7, 11) is 1.31. The predicted octanol–water partition coefficient (Wildman–Crippen LogP) is 5.60. The van der Waals surface area contributed by atoms with Crippen LogP contribution in [0.2, 0.25) is 10.0 Å². The summed E-state index contributed by atoms with van der Waals surface area (Å²) in [4.78, 5) is 44.0. The highest BCUT2D eigenvalue weighted by molar-refractivity contribution is 6.36. The van der Waals surface area contributed by atoms with Crippen molar-refractivity contribution < 1.29 is 19.1 Å². The van der Waals surface area contributed by atoms with Crippen LogP contribution < -0.4 is 4.90 Å². The Labute approximate surface area is 211 Å². The van der Waals surface area contributed by atoms with Gasteiger partial charge in [0.1, 0.15) is 11.5 Å². The van der Waals surface area contributed by atoms with E-state index >= 15 is 0 Å². The third-order valence-electron chi connectivity index (χ3n) is 7.45. The Morgan fingerprint density at radius 2 is 1.60 bits per heavy atom. The topological polar surface area (TPSA) is 63.7 Å². The van der Waals surface area contributed by atoms with Crippen LogP contribution in [0.5, 0.6) is 0 Å². The Hall–Kier alpha value is -3.41. The lowest BCUT2D eigenvalue weighted by atomic mass is 9.64. The molecular weight excluding hydrogens is 485 g/mol. The Morgan fingerprint density at radius 1 is 0.943 bits per heavy atom. The number of ketones is 2. The number of ether oxygens (including phenoxy) is 1. The first kappa shape index (κ1) is 22.1. The molecule has 3 aliphatic rings. The summed E-state index contributed by atoms with van der Waals surface area (Å²) in [6.07, 6.45) is 3.76. The Kier molecular flexibility index (Phi) is 4.92. The van der Waals surface area contributed by atoms with Gasteiger partial charge in [0.05, 0.1) is 13.2 Å². The van der Waals surface area contributed by atoms with Gasteiger partial charge in [0.25, 0.3) is 0 Å². The highest BCUT2D eigenvalue weighted by Gasteiger charge is 2.72. The van der Waals surface area contributed by atoms with Crippen molar-refractivity contribution in [3.05, 3.63) is 105 Å². The molecule has 174 valence electrons. The number of anilines is 1. The minimum Gasteiger partial charge on any atom is -0.467 e. The number of para-hydroxylation sites is 1. The normalized spacial score (nSPS) is 23.3. The van der Waals surface area contributed by atoms with Gasteiger partial charge in [-0.1, -0.05) is 83.9 Å². The molecule has 35 heavy (non-hydrogen) atoms. The number of fused-ring (bicyclic) bond motifs is 5. The van der Waals surface area contributed by atoms with E-state index in [0.717, 1.165) is 11.3 Å².